The fourth-order valence-electron chi connectivity index (χ4n) is 1.91. The number of hydrogen-bond donors (Lipinski definition) is 1. The lowest BCUT2D eigenvalue weighted by molar-refractivity contribution is 0.402. The van der Waals surface area contributed by atoms with Gasteiger partial charge >= 0.3 is 0 Å². The Hall–Kier alpha value is -2.25. The Morgan fingerprint density at radius 2 is 1.75 bits per heavy atom. The summed E-state index contributed by atoms with van der Waals surface area (Å²) in [4.78, 5) is 4.44. The average Bonchev–Trinajstić information content (AvgIpc) is 2.60. The van der Waals surface area contributed by atoms with Crippen molar-refractivity contribution < 1.29 is 13.2 Å². The van der Waals surface area contributed by atoms with E-state index in [1.165, 1.54) is 7.11 Å². The molecule has 0 heterocycles. The zero-order chi connectivity index (χ0) is 17.6. The summed E-state index contributed by atoms with van der Waals surface area (Å²) in [5.74, 6) is -0.0409. The Bertz CT molecular complexity index is 830. The minimum absolute atomic E-state index is 0.117. The lowest BCUT2D eigenvalue weighted by Crippen LogP contribution is -2.31. The van der Waals surface area contributed by atoms with Gasteiger partial charge in [0, 0.05) is 5.56 Å². The van der Waals surface area contributed by atoms with Crippen LogP contribution in [0.2, 0.25) is 0 Å². The van der Waals surface area contributed by atoms with Gasteiger partial charge in [-0.25, -0.2) is 8.42 Å². The van der Waals surface area contributed by atoms with Gasteiger partial charge in [-0.05, 0) is 31.3 Å². The summed E-state index contributed by atoms with van der Waals surface area (Å²) in [5, 5.41) is 2.94. The van der Waals surface area contributed by atoms with Crippen LogP contribution in [0, 0.1) is 6.92 Å². The summed E-state index contributed by atoms with van der Waals surface area (Å²) in [7, 11) is -2.09. The van der Waals surface area contributed by atoms with Gasteiger partial charge < -0.3 is 10.1 Å². The van der Waals surface area contributed by atoms with Gasteiger partial charge in [0.05, 0.1) is 12.0 Å². The Kier molecular flexibility index (Phi) is 6.05. The number of rotatable bonds is 4. The highest BCUT2D eigenvalue weighted by atomic mass is 32.2. The van der Waals surface area contributed by atoms with Crippen molar-refractivity contribution in [1.29, 1.82) is 0 Å². The van der Waals surface area contributed by atoms with Crippen molar-refractivity contribution in [3.63, 3.8) is 0 Å². The molecule has 0 radical (unpaired) electrons. The molecule has 0 spiro atoms. The number of hydrogen-bond acceptors (Lipinski definition) is 5. The van der Waals surface area contributed by atoms with Crippen molar-refractivity contribution >= 4 is 33.1 Å². The van der Waals surface area contributed by atoms with Gasteiger partial charge in [0.1, 0.15) is 11.7 Å². The minimum Gasteiger partial charge on any atom is -0.474 e. The van der Waals surface area contributed by atoms with Crippen LogP contribution in [0.1, 0.15) is 11.1 Å². The first-order valence-corrected chi connectivity index (χ1v) is 9.23. The number of amidine groups is 1. The second kappa shape index (κ2) is 8.03. The SMILES string of the molecule is COC(=S)N/C(=N/CS(=O)(=O)c1ccccc1)c1ccc(C)cc1. The molecule has 0 aliphatic heterocycles. The number of nitrogens with zero attached hydrogens (tertiary/aromatic N) is 1. The Morgan fingerprint density at radius 1 is 1.12 bits per heavy atom. The topological polar surface area (TPSA) is 67.8 Å². The van der Waals surface area contributed by atoms with E-state index in [4.69, 9.17) is 17.0 Å². The van der Waals surface area contributed by atoms with E-state index in [1.54, 1.807) is 30.3 Å². The molecule has 0 atom stereocenters. The Balaban J connectivity index is 2.31. The third-order valence-electron chi connectivity index (χ3n) is 3.23. The van der Waals surface area contributed by atoms with Crippen LogP contribution in [0.25, 0.3) is 0 Å². The monoisotopic (exact) mass is 362 g/mol. The van der Waals surface area contributed by atoms with E-state index < -0.39 is 9.84 Å². The lowest BCUT2D eigenvalue weighted by atomic mass is 10.1. The standard InChI is InChI=1S/C17H18N2O3S2/c1-13-8-10-14(11-9-13)16(19-17(23)22-2)18-12-24(20,21)15-6-4-3-5-7-15/h3-11H,12H2,1-2H3,(H,18,19,23). The highest BCUT2D eigenvalue weighted by molar-refractivity contribution is 7.91. The van der Waals surface area contributed by atoms with E-state index in [1.807, 2.05) is 31.2 Å². The van der Waals surface area contributed by atoms with Crippen LogP contribution in [0.5, 0.6) is 0 Å². The fourth-order valence-corrected chi connectivity index (χ4v) is 3.03. The highest BCUT2D eigenvalue weighted by Gasteiger charge is 2.14. The van der Waals surface area contributed by atoms with E-state index in [2.05, 4.69) is 10.3 Å². The normalized spacial score (nSPS) is 11.8. The van der Waals surface area contributed by atoms with Crippen LogP contribution in [-0.4, -0.2) is 32.4 Å². The second-order valence-electron chi connectivity index (χ2n) is 5.05. The molecule has 1 N–H and O–H groups in total. The minimum atomic E-state index is -3.53. The number of thiocarbonyl (C=S) groups is 1. The van der Waals surface area contributed by atoms with E-state index in [0.29, 0.717) is 5.84 Å². The molecule has 24 heavy (non-hydrogen) atoms. The molecule has 0 aliphatic rings. The summed E-state index contributed by atoms with van der Waals surface area (Å²) in [6, 6.07) is 15.7. The molecule has 0 aromatic heterocycles. The van der Waals surface area contributed by atoms with E-state index in [-0.39, 0.29) is 15.9 Å². The van der Waals surface area contributed by atoms with Crippen LogP contribution >= 0.6 is 12.2 Å². The quantitative estimate of drug-likeness (QED) is 0.515. The maximum atomic E-state index is 12.4. The van der Waals surface area contributed by atoms with E-state index in [0.717, 1.165) is 11.1 Å². The summed E-state index contributed by atoms with van der Waals surface area (Å²) in [6.45, 7) is 1.97. The maximum absolute atomic E-state index is 12.4. The second-order valence-corrected chi connectivity index (χ2v) is 7.38. The molecular formula is C17H18N2O3S2. The molecule has 0 bridgehead atoms. The highest BCUT2D eigenvalue weighted by Crippen LogP contribution is 2.11. The van der Waals surface area contributed by atoms with Crippen molar-refractivity contribution in [3.8, 4) is 0 Å². The summed E-state index contributed by atoms with van der Waals surface area (Å²) in [6.07, 6.45) is 0. The van der Waals surface area contributed by atoms with Crippen LogP contribution in [0.15, 0.2) is 64.5 Å². The molecular weight excluding hydrogens is 344 g/mol. The molecule has 0 saturated heterocycles. The molecule has 2 aromatic carbocycles. The first kappa shape index (κ1) is 18.1. The van der Waals surface area contributed by atoms with Crippen molar-refractivity contribution in [2.45, 2.75) is 11.8 Å². The lowest BCUT2D eigenvalue weighted by Gasteiger charge is -2.11. The van der Waals surface area contributed by atoms with Crippen molar-refractivity contribution in [2.75, 3.05) is 13.0 Å². The molecule has 126 valence electrons. The first-order chi connectivity index (χ1) is 11.4. The van der Waals surface area contributed by atoms with Crippen LogP contribution < -0.4 is 5.32 Å². The smallest absolute Gasteiger partial charge is 0.262 e. The number of aryl methyl sites for hydroxylation is 1. The summed E-state index contributed by atoms with van der Waals surface area (Å²) in [5.41, 5.74) is 1.81. The molecule has 0 fully saturated rings. The van der Waals surface area contributed by atoms with Crippen molar-refractivity contribution in [1.82, 2.24) is 5.32 Å². The molecule has 5 nitrogen and oxygen atoms in total. The van der Waals surface area contributed by atoms with Gasteiger partial charge in [0.2, 0.25) is 0 Å². The molecule has 0 amide bonds. The van der Waals surface area contributed by atoms with Gasteiger partial charge in [-0.15, -0.1) is 0 Å². The molecule has 0 saturated carbocycles. The van der Waals surface area contributed by atoms with Crippen LogP contribution in [0.3, 0.4) is 0 Å². The number of methoxy groups -OCH3 is 1. The molecule has 2 aromatic rings. The summed E-state index contributed by atoms with van der Waals surface area (Å²) >= 11 is 4.99. The summed E-state index contributed by atoms with van der Waals surface area (Å²) < 4.78 is 29.7. The predicted molar refractivity (Wildman–Crippen MR) is 99.0 cm³/mol. The molecule has 0 unspecified atom stereocenters. The molecule has 2 rings (SSSR count). The molecule has 7 heteroatoms. The largest absolute Gasteiger partial charge is 0.474 e. The predicted octanol–water partition coefficient (Wildman–Crippen LogP) is 2.69. The van der Waals surface area contributed by atoms with E-state index >= 15 is 0 Å². The number of sulfone groups is 1. The number of ether oxygens (including phenoxy) is 1. The average molecular weight is 362 g/mol. The van der Waals surface area contributed by atoms with Gasteiger partial charge in [0.25, 0.3) is 5.17 Å². The van der Waals surface area contributed by atoms with Gasteiger partial charge in [-0.2, -0.15) is 0 Å². The van der Waals surface area contributed by atoms with Crippen LogP contribution in [-0.2, 0) is 14.6 Å². The Morgan fingerprint density at radius 3 is 2.33 bits per heavy atom. The third kappa shape index (κ3) is 4.87. The zero-order valence-corrected chi connectivity index (χ0v) is 15.0. The third-order valence-corrected chi connectivity index (χ3v) is 4.95. The van der Waals surface area contributed by atoms with Crippen molar-refractivity contribution in [2.24, 2.45) is 4.99 Å². The molecule has 0 aliphatic carbocycles. The van der Waals surface area contributed by atoms with Crippen molar-refractivity contribution in [3.05, 3.63) is 65.7 Å². The van der Waals surface area contributed by atoms with Gasteiger partial charge in [-0.3, -0.25) is 4.99 Å². The number of benzene rings is 2. The van der Waals surface area contributed by atoms with Gasteiger partial charge in [-0.1, -0.05) is 48.0 Å². The van der Waals surface area contributed by atoms with E-state index in [9.17, 15) is 8.42 Å². The Labute approximate surface area is 147 Å². The maximum Gasteiger partial charge on any atom is 0.262 e. The zero-order valence-electron chi connectivity index (χ0n) is 13.4. The number of nitrogens with one attached hydrogen (secondary N) is 1. The number of aliphatic imine (C=N–C) groups is 1. The van der Waals surface area contributed by atoms with Gasteiger partial charge in [0.15, 0.2) is 9.84 Å². The van der Waals surface area contributed by atoms with Crippen LogP contribution in [0.4, 0.5) is 0 Å². The first-order valence-electron chi connectivity index (χ1n) is 7.16. The fraction of sp³-hybridized carbons (Fsp3) is 0.176.